The van der Waals surface area contributed by atoms with Crippen molar-refractivity contribution in [3.63, 3.8) is 0 Å². The number of aryl methyl sites for hydroxylation is 1. The van der Waals surface area contributed by atoms with Crippen LogP contribution >= 0.6 is 0 Å². The molecule has 6 nitrogen and oxygen atoms in total. The Kier molecular flexibility index (Phi) is 5.31. The van der Waals surface area contributed by atoms with Gasteiger partial charge in [-0.15, -0.1) is 5.10 Å². The van der Waals surface area contributed by atoms with E-state index in [1.54, 1.807) is 11.8 Å². The molecule has 112 valence electrons. The number of methoxy groups -OCH3 is 1. The largest absolute Gasteiger partial charge is 0.497 e. The molecule has 0 saturated heterocycles. The average Bonchev–Trinajstić information content (AvgIpc) is 2.92. The number of unbranched alkanes of at least 4 members (excludes halogenated alkanes) is 1. The first-order valence-electron chi connectivity index (χ1n) is 6.91. The summed E-state index contributed by atoms with van der Waals surface area (Å²) in [5.41, 5.74) is 2.02. The zero-order valence-corrected chi connectivity index (χ0v) is 12.0. The van der Waals surface area contributed by atoms with Crippen LogP contribution in [0.2, 0.25) is 0 Å². The summed E-state index contributed by atoms with van der Waals surface area (Å²) in [5.74, 6) is 0.0784. The van der Waals surface area contributed by atoms with Gasteiger partial charge >= 0.3 is 5.97 Å². The molecule has 21 heavy (non-hydrogen) atoms. The first kappa shape index (κ1) is 15.0. The van der Waals surface area contributed by atoms with E-state index in [1.165, 1.54) is 0 Å². The van der Waals surface area contributed by atoms with E-state index in [-0.39, 0.29) is 6.42 Å². The topological polar surface area (TPSA) is 77.2 Å². The van der Waals surface area contributed by atoms with E-state index in [0.717, 1.165) is 29.8 Å². The molecule has 0 fully saturated rings. The normalized spacial score (nSPS) is 10.5. The van der Waals surface area contributed by atoms with Crippen LogP contribution in [0.25, 0.3) is 0 Å². The molecule has 0 spiro atoms. The molecule has 1 aromatic heterocycles. The van der Waals surface area contributed by atoms with E-state index in [4.69, 9.17) is 9.84 Å². The third-order valence-electron chi connectivity index (χ3n) is 3.16. The van der Waals surface area contributed by atoms with Gasteiger partial charge in [-0.1, -0.05) is 17.3 Å². The minimum atomic E-state index is -0.752. The Hall–Kier alpha value is -2.37. The Bertz CT molecular complexity index is 578. The van der Waals surface area contributed by atoms with E-state index < -0.39 is 5.97 Å². The molecule has 1 aromatic carbocycles. The third kappa shape index (κ3) is 4.91. The number of nitrogens with zero attached hydrogens (tertiary/aromatic N) is 3. The highest BCUT2D eigenvalue weighted by Gasteiger charge is 2.03. The van der Waals surface area contributed by atoms with Crippen LogP contribution in [0.4, 0.5) is 0 Å². The number of carbonyl (C=O) groups is 1. The minimum absolute atomic E-state index is 0.208. The number of aromatic nitrogens is 3. The van der Waals surface area contributed by atoms with Gasteiger partial charge in [-0.2, -0.15) is 0 Å². The second-order valence-corrected chi connectivity index (χ2v) is 4.86. The predicted octanol–water partition coefficient (Wildman–Crippen LogP) is 2.13. The molecule has 0 radical (unpaired) electrons. The van der Waals surface area contributed by atoms with E-state index in [9.17, 15) is 4.79 Å². The lowest BCUT2D eigenvalue weighted by molar-refractivity contribution is -0.137. The summed E-state index contributed by atoms with van der Waals surface area (Å²) in [6.07, 6.45) is 4.36. The van der Waals surface area contributed by atoms with Gasteiger partial charge < -0.3 is 9.84 Å². The fraction of sp³-hybridized carbons (Fsp3) is 0.400. The van der Waals surface area contributed by atoms with Crippen molar-refractivity contribution in [3.8, 4) is 5.75 Å². The van der Waals surface area contributed by atoms with Crippen LogP contribution in [0, 0.1) is 0 Å². The molecule has 1 N–H and O–H groups in total. The maximum Gasteiger partial charge on any atom is 0.303 e. The first-order valence-corrected chi connectivity index (χ1v) is 6.91. The van der Waals surface area contributed by atoms with Crippen molar-refractivity contribution in [1.29, 1.82) is 0 Å². The van der Waals surface area contributed by atoms with Gasteiger partial charge in [0.25, 0.3) is 0 Å². The summed E-state index contributed by atoms with van der Waals surface area (Å²) in [7, 11) is 1.64. The van der Waals surface area contributed by atoms with E-state index >= 15 is 0 Å². The predicted molar refractivity (Wildman–Crippen MR) is 77.3 cm³/mol. The van der Waals surface area contributed by atoms with Crippen LogP contribution in [0.5, 0.6) is 5.75 Å². The Morgan fingerprint density at radius 3 is 2.71 bits per heavy atom. The summed E-state index contributed by atoms with van der Waals surface area (Å²) in [4.78, 5) is 10.4. The van der Waals surface area contributed by atoms with Crippen LogP contribution < -0.4 is 4.74 Å². The number of hydrogen-bond donors (Lipinski definition) is 1. The van der Waals surface area contributed by atoms with Crippen molar-refractivity contribution >= 4 is 5.97 Å². The van der Waals surface area contributed by atoms with Gasteiger partial charge in [0.2, 0.25) is 0 Å². The number of carboxylic acid groups (broad SMARTS) is 1. The van der Waals surface area contributed by atoms with Gasteiger partial charge in [0.05, 0.1) is 19.3 Å². The molecule has 0 atom stereocenters. The van der Waals surface area contributed by atoms with Crippen LogP contribution in [0.3, 0.4) is 0 Å². The maximum absolute atomic E-state index is 10.4. The molecule has 0 amide bonds. The maximum atomic E-state index is 10.4. The van der Waals surface area contributed by atoms with Gasteiger partial charge in [0.15, 0.2) is 0 Å². The Balaban J connectivity index is 1.83. The summed E-state index contributed by atoms with van der Waals surface area (Å²) in [5, 5.41) is 16.8. The molecule has 2 aromatic rings. The van der Waals surface area contributed by atoms with Gasteiger partial charge in [-0.3, -0.25) is 4.79 Å². The molecule has 0 bridgehead atoms. The highest BCUT2D eigenvalue weighted by Crippen LogP contribution is 2.12. The van der Waals surface area contributed by atoms with E-state index in [1.807, 2.05) is 30.5 Å². The SMILES string of the molecule is COc1ccc(Cn2cc(CCCCC(=O)O)nn2)cc1. The molecular weight excluding hydrogens is 270 g/mol. The van der Waals surface area contributed by atoms with Crippen molar-refractivity contribution in [1.82, 2.24) is 15.0 Å². The summed E-state index contributed by atoms with van der Waals surface area (Å²) < 4.78 is 6.90. The monoisotopic (exact) mass is 289 g/mol. The summed E-state index contributed by atoms with van der Waals surface area (Å²) in [6.45, 7) is 0.659. The van der Waals surface area contributed by atoms with Crippen LogP contribution in [0.15, 0.2) is 30.5 Å². The van der Waals surface area contributed by atoms with Crippen LogP contribution in [-0.2, 0) is 17.8 Å². The van der Waals surface area contributed by atoms with Gasteiger partial charge in [-0.25, -0.2) is 4.68 Å². The Labute approximate surface area is 123 Å². The summed E-state index contributed by atoms with van der Waals surface area (Å²) in [6, 6.07) is 7.82. The fourth-order valence-corrected chi connectivity index (χ4v) is 2.03. The Morgan fingerprint density at radius 2 is 2.05 bits per heavy atom. The number of aliphatic carboxylic acids is 1. The van der Waals surface area contributed by atoms with Crippen molar-refractivity contribution in [2.24, 2.45) is 0 Å². The lowest BCUT2D eigenvalue weighted by Gasteiger charge is -2.03. The quantitative estimate of drug-likeness (QED) is 0.753. The molecule has 0 aliphatic rings. The fourth-order valence-electron chi connectivity index (χ4n) is 2.03. The second-order valence-electron chi connectivity index (χ2n) is 4.86. The van der Waals surface area contributed by atoms with E-state index in [2.05, 4.69) is 10.3 Å². The zero-order chi connectivity index (χ0) is 15.1. The standard InChI is InChI=1S/C15H19N3O3/c1-21-14-8-6-12(7-9-14)10-18-11-13(16-17-18)4-2-3-5-15(19)20/h6-9,11H,2-5,10H2,1H3,(H,19,20). The lowest BCUT2D eigenvalue weighted by atomic mass is 10.1. The van der Waals surface area contributed by atoms with Crippen molar-refractivity contribution < 1.29 is 14.6 Å². The van der Waals surface area contributed by atoms with Gasteiger partial charge in [-0.05, 0) is 37.0 Å². The number of benzene rings is 1. The number of carboxylic acids is 1. The molecule has 0 unspecified atom stereocenters. The lowest BCUT2D eigenvalue weighted by Crippen LogP contribution is -2.00. The zero-order valence-electron chi connectivity index (χ0n) is 12.0. The van der Waals surface area contributed by atoms with Crippen LogP contribution in [0.1, 0.15) is 30.5 Å². The molecule has 0 aliphatic carbocycles. The van der Waals surface area contributed by atoms with Crippen molar-refractivity contribution in [3.05, 3.63) is 41.7 Å². The van der Waals surface area contributed by atoms with E-state index in [0.29, 0.717) is 13.0 Å². The third-order valence-corrected chi connectivity index (χ3v) is 3.16. The Morgan fingerprint density at radius 1 is 1.29 bits per heavy atom. The molecule has 6 heteroatoms. The molecular formula is C15H19N3O3. The molecule has 2 rings (SSSR count). The average molecular weight is 289 g/mol. The second kappa shape index (κ2) is 7.42. The van der Waals surface area contributed by atoms with Gasteiger partial charge in [0.1, 0.15) is 5.75 Å². The van der Waals surface area contributed by atoms with Crippen LogP contribution in [-0.4, -0.2) is 33.2 Å². The molecule has 0 aliphatic heterocycles. The minimum Gasteiger partial charge on any atom is -0.497 e. The highest BCUT2D eigenvalue weighted by molar-refractivity contribution is 5.66. The van der Waals surface area contributed by atoms with Crippen molar-refractivity contribution in [2.75, 3.05) is 7.11 Å². The molecule has 1 heterocycles. The first-order chi connectivity index (χ1) is 10.2. The summed E-state index contributed by atoms with van der Waals surface area (Å²) >= 11 is 0. The molecule has 0 saturated carbocycles. The van der Waals surface area contributed by atoms with Gasteiger partial charge in [0, 0.05) is 12.6 Å². The smallest absolute Gasteiger partial charge is 0.303 e. The number of ether oxygens (including phenoxy) is 1. The highest BCUT2D eigenvalue weighted by atomic mass is 16.5. The number of rotatable bonds is 8. The number of hydrogen-bond acceptors (Lipinski definition) is 4. The van der Waals surface area contributed by atoms with Crippen molar-refractivity contribution in [2.45, 2.75) is 32.2 Å².